The first-order valence-corrected chi connectivity index (χ1v) is 14.4. The highest BCUT2D eigenvalue weighted by Gasteiger charge is 2.15. The minimum absolute atomic E-state index is 0.765. The zero-order valence-electron chi connectivity index (χ0n) is 22.6. The summed E-state index contributed by atoms with van der Waals surface area (Å²) in [4.78, 5) is 10.3. The van der Waals surface area contributed by atoms with E-state index < -0.39 is 0 Å². The van der Waals surface area contributed by atoms with Crippen LogP contribution in [0.1, 0.15) is 0 Å². The lowest BCUT2D eigenvalue weighted by molar-refractivity contribution is 1.29. The highest BCUT2D eigenvalue weighted by Crippen LogP contribution is 2.41. The lowest BCUT2D eigenvalue weighted by atomic mass is 9.91. The molecule has 10 rings (SSSR count). The molecule has 192 valence electrons. The van der Waals surface area contributed by atoms with Crippen molar-refractivity contribution in [1.29, 1.82) is 0 Å². The van der Waals surface area contributed by atoms with Crippen molar-refractivity contribution in [2.45, 2.75) is 0 Å². The summed E-state index contributed by atoms with van der Waals surface area (Å²) in [6.07, 6.45) is 0. The first-order chi connectivity index (χ1) is 20.8. The van der Waals surface area contributed by atoms with Gasteiger partial charge in [-0.25, -0.2) is 9.97 Å². The van der Waals surface area contributed by atoms with Crippen molar-refractivity contribution in [2.24, 2.45) is 0 Å². The Labute approximate surface area is 241 Å². The molecule has 0 spiro atoms. The molecule has 0 atom stereocenters. The van der Waals surface area contributed by atoms with Crippen molar-refractivity contribution in [1.82, 2.24) is 9.97 Å². The molecule has 0 N–H and O–H groups in total. The number of pyridine rings is 2. The Balaban J connectivity index is 1.19. The molecular weight excluding hydrogens is 508 g/mol. The van der Waals surface area contributed by atoms with E-state index >= 15 is 0 Å². The topological polar surface area (TPSA) is 25.8 Å². The maximum atomic E-state index is 5.16. The molecule has 2 heteroatoms. The summed E-state index contributed by atoms with van der Waals surface area (Å²) in [5, 5.41) is 16.4. The van der Waals surface area contributed by atoms with Gasteiger partial charge in [-0.3, -0.25) is 0 Å². The third kappa shape index (κ3) is 2.93. The quantitative estimate of drug-likeness (QED) is 0.208. The maximum Gasteiger partial charge on any atom is 0.160 e. The van der Waals surface area contributed by atoms with Crippen LogP contribution in [-0.2, 0) is 0 Å². The van der Waals surface area contributed by atoms with Crippen LogP contribution in [0.2, 0.25) is 0 Å². The van der Waals surface area contributed by atoms with E-state index in [1.807, 2.05) is 0 Å². The Kier molecular flexibility index (Phi) is 4.21. The van der Waals surface area contributed by atoms with Crippen LogP contribution in [0.5, 0.6) is 0 Å². The molecule has 0 aliphatic carbocycles. The fraction of sp³-hybridized carbons (Fsp3) is 0. The molecule has 0 saturated heterocycles. The summed E-state index contributed by atoms with van der Waals surface area (Å²) in [5.41, 5.74) is 4.93. The Morgan fingerprint density at radius 3 is 1.10 bits per heavy atom. The summed E-state index contributed by atoms with van der Waals surface area (Å²) in [6.45, 7) is 0. The second-order valence-corrected chi connectivity index (χ2v) is 11.4. The van der Waals surface area contributed by atoms with Crippen molar-refractivity contribution in [2.75, 3.05) is 0 Å². The number of aromatic nitrogens is 2. The van der Waals surface area contributed by atoms with E-state index in [9.17, 15) is 0 Å². The second kappa shape index (κ2) is 7.99. The molecule has 8 aromatic carbocycles. The summed E-state index contributed by atoms with van der Waals surface area (Å²) < 4.78 is 0. The molecule has 0 aliphatic heterocycles. The molecule has 0 amide bonds. The smallest absolute Gasteiger partial charge is 0.160 e. The van der Waals surface area contributed by atoms with Gasteiger partial charge in [-0.1, -0.05) is 109 Å². The van der Waals surface area contributed by atoms with Gasteiger partial charge in [0.15, 0.2) is 5.65 Å². The lowest BCUT2D eigenvalue weighted by Gasteiger charge is -2.15. The molecular formula is C40H22N2. The van der Waals surface area contributed by atoms with Gasteiger partial charge in [-0.2, -0.15) is 0 Å². The maximum absolute atomic E-state index is 5.16. The molecule has 2 heterocycles. The third-order valence-electron chi connectivity index (χ3n) is 9.16. The summed E-state index contributed by atoms with van der Waals surface area (Å²) >= 11 is 0. The van der Waals surface area contributed by atoms with E-state index in [4.69, 9.17) is 9.97 Å². The molecule has 0 fully saturated rings. The van der Waals surface area contributed by atoms with Crippen LogP contribution >= 0.6 is 0 Å². The van der Waals surface area contributed by atoms with Gasteiger partial charge >= 0.3 is 0 Å². The average Bonchev–Trinajstić information content (AvgIpc) is 3.05. The van der Waals surface area contributed by atoms with Crippen LogP contribution in [0.25, 0.3) is 98.2 Å². The first-order valence-electron chi connectivity index (χ1n) is 14.4. The van der Waals surface area contributed by atoms with Crippen LogP contribution in [0.4, 0.5) is 0 Å². The van der Waals surface area contributed by atoms with E-state index in [-0.39, 0.29) is 0 Å². The monoisotopic (exact) mass is 530 g/mol. The van der Waals surface area contributed by atoms with Crippen LogP contribution in [0, 0.1) is 0 Å². The predicted octanol–water partition coefficient (Wildman–Crippen LogP) is 10.8. The molecule has 0 saturated carbocycles. The van der Waals surface area contributed by atoms with Crippen LogP contribution < -0.4 is 0 Å². The average molecular weight is 531 g/mol. The minimum Gasteiger partial charge on any atom is -0.228 e. The molecule has 2 nitrogen and oxygen atoms in total. The Morgan fingerprint density at radius 2 is 0.643 bits per heavy atom. The minimum atomic E-state index is 0.765. The van der Waals surface area contributed by atoms with Gasteiger partial charge < -0.3 is 0 Å². The van der Waals surface area contributed by atoms with Crippen LogP contribution in [0.15, 0.2) is 133 Å². The molecule has 42 heavy (non-hydrogen) atoms. The largest absolute Gasteiger partial charge is 0.228 e. The van der Waals surface area contributed by atoms with Crippen molar-refractivity contribution in [3.63, 3.8) is 0 Å². The lowest BCUT2D eigenvalue weighted by Crippen LogP contribution is -1.93. The SMILES string of the molecule is c1cc2ccc3ccc(-c4ccc5ccc(-c6ccc7ccc8cccc9ccc6c7c89)nc5n4)c4ccc(c1)c2c34. The van der Waals surface area contributed by atoms with E-state index in [1.54, 1.807) is 0 Å². The summed E-state index contributed by atoms with van der Waals surface area (Å²) in [7, 11) is 0. The second-order valence-electron chi connectivity index (χ2n) is 11.4. The van der Waals surface area contributed by atoms with Crippen molar-refractivity contribution in [3.8, 4) is 22.5 Å². The van der Waals surface area contributed by atoms with Crippen LogP contribution in [0.3, 0.4) is 0 Å². The van der Waals surface area contributed by atoms with Crippen LogP contribution in [-0.4, -0.2) is 9.97 Å². The number of hydrogen-bond acceptors (Lipinski definition) is 2. The van der Waals surface area contributed by atoms with Gasteiger partial charge in [-0.05, 0) is 88.9 Å². The number of benzene rings is 8. The molecule has 10 aromatic rings. The fourth-order valence-electron chi connectivity index (χ4n) is 7.22. The van der Waals surface area contributed by atoms with Crippen molar-refractivity contribution in [3.05, 3.63) is 133 Å². The van der Waals surface area contributed by atoms with Gasteiger partial charge in [0.05, 0.1) is 11.4 Å². The standard InChI is InChI=1S/C40H22N2/c1-3-23-7-9-27-11-17-30(32-19-13-25(5-1)36(23)38(27)32)34-21-15-29-16-22-35(42-40(29)41-34)31-18-12-28-10-8-24-4-2-6-26-14-20-33(31)39(28)37(24)26/h1-22H. The first kappa shape index (κ1) is 22.1. The van der Waals surface area contributed by atoms with Gasteiger partial charge in [0, 0.05) is 16.5 Å². The van der Waals surface area contributed by atoms with Crippen molar-refractivity contribution < 1.29 is 0 Å². The van der Waals surface area contributed by atoms with E-state index in [0.717, 1.165) is 33.5 Å². The third-order valence-corrected chi connectivity index (χ3v) is 9.16. The summed E-state index contributed by atoms with van der Waals surface area (Å²) in [6, 6.07) is 48.4. The zero-order chi connectivity index (χ0) is 27.4. The van der Waals surface area contributed by atoms with E-state index in [0.29, 0.717) is 0 Å². The molecule has 0 aliphatic rings. The number of nitrogens with zero attached hydrogens (tertiary/aromatic N) is 2. The molecule has 0 radical (unpaired) electrons. The van der Waals surface area contributed by atoms with Gasteiger partial charge in [-0.15, -0.1) is 0 Å². The Morgan fingerprint density at radius 1 is 0.286 bits per heavy atom. The van der Waals surface area contributed by atoms with Gasteiger partial charge in [0.2, 0.25) is 0 Å². The highest BCUT2D eigenvalue weighted by molar-refractivity contribution is 6.26. The molecule has 2 aromatic heterocycles. The van der Waals surface area contributed by atoms with Crippen molar-refractivity contribution >= 4 is 75.7 Å². The Bertz CT molecular complexity index is 2470. The number of hydrogen-bond donors (Lipinski definition) is 0. The molecule has 0 unspecified atom stereocenters. The number of fused-ring (bicyclic) bond motifs is 1. The fourth-order valence-corrected chi connectivity index (χ4v) is 7.22. The van der Waals surface area contributed by atoms with E-state index in [2.05, 4.69) is 133 Å². The summed E-state index contributed by atoms with van der Waals surface area (Å²) in [5.74, 6) is 0. The van der Waals surface area contributed by atoms with Gasteiger partial charge in [0.25, 0.3) is 0 Å². The Hall–Kier alpha value is -5.60. The highest BCUT2D eigenvalue weighted by atomic mass is 14.9. The molecule has 0 bridgehead atoms. The number of rotatable bonds is 2. The predicted molar refractivity (Wildman–Crippen MR) is 178 cm³/mol. The zero-order valence-corrected chi connectivity index (χ0v) is 22.6. The van der Waals surface area contributed by atoms with E-state index in [1.165, 1.54) is 64.6 Å². The normalized spacial score (nSPS) is 12.3. The van der Waals surface area contributed by atoms with Gasteiger partial charge in [0.1, 0.15) is 0 Å².